The third-order valence-corrected chi connectivity index (χ3v) is 3.38. The number of H-pyrrole nitrogens is 1. The Morgan fingerprint density at radius 2 is 1.93 bits per heavy atom. The van der Waals surface area contributed by atoms with Gasteiger partial charge in [-0.1, -0.05) is 37.9 Å². The van der Waals surface area contributed by atoms with E-state index in [1.165, 1.54) is 44.2 Å². The minimum atomic E-state index is 0.624. The summed E-state index contributed by atoms with van der Waals surface area (Å²) in [6.45, 7) is 2.07. The van der Waals surface area contributed by atoms with Crippen molar-refractivity contribution in [1.29, 1.82) is 0 Å². The molecule has 1 heterocycles. The second-order valence-corrected chi connectivity index (χ2v) is 4.71. The summed E-state index contributed by atoms with van der Waals surface area (Å²) in [5.74, 6) is 0. The topological polar surface area (TPSA) is 20.7 Å². The molecule has 1 aliphatic rings. The fourth-order valence-corrected chi connectivity index (χ4v) is 2.69. The van der Waals surface area contributed by atoms with Crippen LogP contribution in [0.5, 0.6) is 0 Å². The van der Waals surface area contributed by atoms with E-state index < -0.39 is 0 Å². The Morgan fingerprint density at radius 3 is 2.43 bits per heavy atom. The molecule has 2 rings (SSSR count). The lowest BCUT2D eigenvalue weighted by Gasteiger charge is -2.15. The van der Waals surface area contributed by atoms with Crippen molar-refractivity contribution in [1.82, 2.24) is 9.78 Å². The van der Waals surface area contributed by atoms with Crippen LogP contribution in [0.2, 0.25) is 0 Å². The van der Waals surface area contributed by atoms with Crippen LogP contribution in [0.1, 0.15) is 50.3 Å². The number of nitrogens with zero attached hydrogens (tertiary/aromatic N) is 1. The molecule has 0 spiro atoms. The molecule has 0 amide bonds. The highest BCUT2D eigenvalue weighted by atomic mass is 32.1. The van der Waals surface area contributed by atoms with E-state index in [2.05, 4.69) is 22.8 Å². The number of aromatic nitrogens is 2. The Bertz CT molecular complexity index is 342. The molecule has 0 saturated heterocycles. The Balaban J connectivity index is 2.20. The van der Waals surface area contributed by atoms with Gasteiger partial charge in [-0.05, 0) is 25.8 Å². The number of hydrogen-bond donors (Lipinski definition) is 1. The monoisotopic (exact) mass is 210 g/mol. The summed E-state index contributed by atoms with van der Waals surface area (Å²) in [5, 5.41) is 3.35. The van der Waals surface area contributed by atoms with Crippen LogP contribution in [0.4, 0.5) is 0 Å². The van der Waals surface area contributed by atoms with Gasteiger partial charge < -0.3 is 5.10 Å². The number of rotatable bonds is 1. The van der Waals surface area contributed by atoms with E-state index in [1.54, 1.807) is 0 Å². The number of hydrogen-bond acceptors (Lipinski definition) is 1. The van der Waals surface area contributed by atoms with E-state index in [0.717, 1.165) is 4.64 Å². The Hall–Kier alpha value is -0.570. The molecule has 0 radical (unpaired) electrons. The van der Waals surface area contributed by atoms with Crippen LogP contribution >= 0.6 is 12.2 Å². The van der Waals surface area contributed by atoms with E-state index in [-0.39, 0.29) is 0 Å². The molecule has 1 aromatic heterocycles. The van der Waals surface area contributed by atoms with Crippen molar-refractivity contribution in [3.05, 3.63) is 16.4 Å². The zero-order valence-electron chi connectivity index (χ0n) is 8.75. The molecule has 78 valence electrons. The van der Waals surface area contributed by atoms with Gasteiger partial charge in [-0.15, -0.1) is 0 Å². The molecular formula is C11H18N2S. The molecule has 0 aromatic carbocycles. The number of aromatic amines is 1. The van der Waals surface area contributed by atoms with Crippen molar-refractivity contribution in [2.24, 2.45) is 0 Å². The van der Waals surface area contributed by atoms with E-state index in [9.17, 15) is 0 Å². The Morgan fingerprint density at radius 1 is 1.29 bits per heavy atom. The summed E-state index contributed by atoms with van der Waals surface area (Å²) in [7, 11) is 0. The predicted octanol–water partition coefficient (Wildman–Crippen LogP) is 3.75. The van der Waals surface area contributed by atoms with Crippen molar-refractivity contribution in [3.63, 3.8) is 0 Å². The van der Waals surface area contributed by atoms with E-state index in [4.69, 9.17) is 12.2 Å². The van der Waals surface area contributed by atoms with Gasteiger partial charge >= 0.3 is 0 Å². The second-order valence-electron chi connectivity index (χ2n) is 4.29. The number of aryl methyl sites for hydroxylation is 1. The van der Waals surface area contributed by atoms with Crippen molar-refractivity contribution in [2.75, 3.05) is 0 Å². The first-order valence-electron chi connectivity index (χ1n) is 5.55. The fraction of sp³-hybridized carbons (Fsp3) is 0.727. The van der Waals surface area contributed by atoms with Crippen molar-refractivity contribution < 1.29 is 0 Å². The number of nitrogens with one attached hydrogen (secondary N) is 1. The van der Waals surface area contributed by atoms with Gasteiger partial charge in [-0.3, -0.25) is 4.68 Å². The summed E-state index contributed by atoms with van der Waals surface area (Å²) < 4.78 is 3.16. The van der Waals surface area contributed by atoms with Crippen LogP contribution in [0.15, 0.2) is 6.07 Å². The van der Waals surface area contributed by atoms with Crippen molar-refractivity contribution >= 4 is 12.2 Å². The molecule has 0 atom stereocenters. The van der Waals surface area contributed by atoms with Crippen molar-refractivity contribution in [2.45, 2.75) is 51.5 Å². The molecule has 0 unspecified atom stereocenters. The van der Waals surface area contributed by atoms with Crippen LogP contribution in [0.3, 0.4) is 0 Å². The van der Waals surface area contributed by atoms with E-state index >= 15 is 0 Å². The maximum Gasteiger partial charge on any atom is 0.122 e. The summed E-state index contributed by atoms with van der Waals surface area (Å²) in [6, 6.07) is 2.68. The molecule has 1 aliphatic carbocycles. The van der Waals surface area contributed by atoms with Gasteiger partial charge in [0.25, 0.3) is 0 Å². The molecule has 14 heavy (non-hydrogen) atoms. The third-order valence-electron chi connectivity index (χ3n) is 3.06. The maximum atomic E-state index is 5.33. The van der Waals surface area contributed by atoms with Crippen LogP contribution in [-0.2, 0) is 0 Å². The lowest BCUT2D eigenvalue weighted by atomic mass is 10.1. The molecule has 1 saturated carbocycles. The van der Waals surface area contributed by atoms with Gasteiger partial charge in [0.15, 0.2) is 0 Å². The molecular weight excluding hydrogens is 192 g/mol. The van der Waals surface area contributed by atoms with E-state index in [0.29, 0.717) is 6.04 Å². The first kappa shape index (κ1) is 9.97. The molecule has 2 nitrogen and oxygen atoms in total. The first-order valence-corrected chi connectivity index (χ1v) is 5.96. The molecule has 1 N–H and O–H groups in total. The zero-order chi connectivity index (χ0) is 9.97. The minimum Gasteiger partial charge on any atom is -0.302 e. The summed E-state index contributed by atoms with van der Waals surface area (Å²) >= 11 is 5.33. The Labute approximate surface area is 90.3 Å². The molecule has 1 fully saturated rings. The van der Waals surface area contributed by atoms with Gasteiger partial charge in [0.2, 0.25) is 0 Å². The zero-order valence-corrected chi connectivity index (χ0v) is 9.57. The van der Waals surface area contributed by atoms with Crippen molar-refractivity contribution in [3.8, 4) is 0 Å². The molecule has 1 aromatic rings. The minimum absolute atomic E-state index is 0.624. The van der Waals surface area contributed by atoms with Crippen LogP contribution < -0.4 is 0 Å². The quantitative estimate of drug-likeness (QED) is 0.553. The predicted molar refractivity (Wildman–Crippen MR) is 61.1 cm³/mol. The highest BCUT2D eigenvalue weighted by molar-refractivity contribution is 7.71. The lowest BCUT2D eigenvalue weighted by Crippen LogP contribution is -2.09. The normalized spacial score (nSPS) is 19.5. The van der Waals surface area contributed by atoms with Crippen LogP contribution in [0.25, 0.3) is 0 Å². The van der Waals surface area contributed by atoms with Gasteiger partial charge in [-0.2, -0.15) is 0 Å². The van der Waals surface area contributed by atoms with Crippen LogP contribution in [-0.4, -0.2) is 9.78 Å². The average Bonchev–Trinajstić information content (AvgIpc) is 2.43. The SMILES string of the molecule is Cc1cc(=S)n(C2CCCCCC2)[nH]1. The van der Waals surface area contributed by atoms with Gasteiger partial charge in [-0.25, -0.2) is 0 Å². The summed E-state index contributed by atoms with van der Waals surface area (Å²) in [6.07, 6.45) is 8.06. The second kappa shape index (κ2) is 4.30. The highest BCUT2D eigenvalue weighted by Gasteiger charge is 2.14. The smallest absolute Gasteiger partial charge is 0.122 e. The lowest BCUT2D eigenvalue weighted by molar-refractivity contribution is 0.400. The molecule has 3 heteroatoms. The molecule has 0 aliphatic heterocycles. The van der Waals surface area contributed by atoms with Crippen LogP contribution in [0, 0.1) is 11.6 Å². The average molecular weight is 210 g/mol. The summed E-state index contributed by atoms with van der Waals surface area (Å²) in [4.78, 5) is 0. The Kier molecular flexibility index (Phi) is 3.06. The fourth-order valence-electron chi connectivity index (χ4n) is 2.32. The molecule has 0 bridgehead atoms. The highest BCUT2D eigenvalue weighted by Crippen LogP contribution is 2.26. The van der Waals surface area contributed by atoms with Gasteiger partial charge in [0.1, 0.15) is 4.64 Å². The maximum absolute atomic E-state index is 5.33. The first-order chi connectivity index (χ1) is 6.77. The summed E-state index contributed by atoms with van der Waals surface area (Å²) in [5.41, 5.74) is 1.18. The van der Waals surface area contributed by atoms with E-state index in [1.807, 2.05) is 0 Å². The third kappa shape index (κ3) is 2.08. The largest absolute Gasteiger partial charge is 0.302 e. The standard InChI is InChI=1S/C11H18N2S/c1-9-8-11(14)13(12-9)10-6-4-2-3-5-7-10/h8,10,12H,2-7H2,1H3. The van der Waals surface area contributed by atoms with Gasteiger partial charge in [0, 0.05) is 5.69 Å². The van der Waals surface area contributed by atoms with Gasteiger partial charge in [0.05, 0.1) is 6.04 Å².